The van der Waals surface area contributed by atoms with Gasteiger partial charge in [0.25, 0.3) is 5.91 Å². The van der Waals surface area contributed by atoms with E-state index in [1.807, 2.05) is 76.2 Å². The number of aliphatic hydroxyl groups is 1. The monoisotopic (exact) mass is 651 g/mol. The van der Waals surface area contributed by atoms with Crippen LogP contribution in [-0.4, -0.2) is 78.7 Å². The highest BCUT2D eigenvalue weighted by Gasteiger charge is 2.32. The summed E-state index contributed by atoms with van der Waals surface area (Å²) in [6.45, 7) is 7.13. The maximum absolute atomic E-state index is 14.0. The summed E-state index contributed by atoms with van der Waals surface area (Å²) in [5.74, 6) is 0.210. The Bertz CT molecular complexity index is 1740. The number of nitrogens with one attached hydrogen (secondary N) is 3. The van der Waals surface area contributed by atoms with Crippen molar-refractivity contribution in [2.75, 3.05) is 32.1 Å². The summed E-state index contributed by atoms with van der Waals surface area (Å²) in [7, 11) is -2.90. The summed E-state index contributed by atoms with van der Waals surface area (Å²) in [5, 5.41) is 16.8. The first kappa shape index (κ1) is 34.4. The predicted octanol–water partition coefficient (Wildman–Crippen LogP) is 4.17. The summed E-state index contributed by atoms with van der Waals surface area (Å²) in [5.41, 5.74) is 3.48. The molecule has 0 unspecified atom stereocenters. The van der Waals surface area contributed by atoms with Crippen LogP contribution >= 0.6 is 0 Å². The van der Waals surface area contributed by atoms with Gasteiger partial charge in [-0.25, -0.2) is 18.2 Å². The first-order valence-electron chi connectivity index (χ1n) is 14.9. The molecule has 0 saturated carbocycles. The van der Waals surface area contributed by atoms with Gasteiger partial charge in [-0.05, 0) is 61.1 Å². The number of amides is 2. The minimum atomic E-state index is -4.12. The second-order valence-corrected chi connectivity index (χ2v) is 13.5. The van der Waals surface area contributed by atoms with Gasteiger partial charge in [0.15, 0.2) is 6.61 Å². The Morgan fingerprint density at radius 2 is 1.70 bits per heavy atom. The normalized spacial score (nSPS) is 13.0. The van der Waals surface area contributed by atoms with Gasteiger partial charge in [-0.1, -0.05) is 62.4 Å². The largest absolute Gasteiger partial charge is 0.483 e. The molecule has 12 nitrogen and oxygen atoms in total. The van der Waals surface area contributed by atoms with Crippen LogP contribution in [0.2, 0.25) is 0 Å². The van der Waals surface area contributed by atoms with Crippen molar-refractivity contribution >= 4 is 39.0 Å². The van der Waals surface area contributed by atoms with Crippen LogP contribution in [0.4, 0.5) is 10.7 Å². The lowest BCUT2D eigenvalue weighted by molar-refractivity contribution is -0.124. The molecule has 0 fully saturated rings. The fourth-order valence-corrected chi connectivity index (χ4v) is 6.72. The maximum Gasteiger partial charge on any atom is 0.413 e. The zero-order valence-electron chi connectivity index (χ0n) is 26.6. The Kier molecular flexibility index (Phi) is 11.4. The number of benzene rings is 3. The maximum atomic E-state index is 14.0. The molecule has 0 radical (unpaired) electrons. The van der Waals surface area contributed by atoms with Crippen molar-refractivity contribution in [3.8, 4) is 5.75 Å². The van der Waals surface area contributed by atoms with Crippen molar-refractivity contribution in [2.45, 2.75) is 51.2 Å². The highest BCUT2D eigenvalue weighted by Crippen LogP contribution is 2.24. The van der Waals surface area contributed by atoms with E-state index in [4.69, 9.17) is 4.74 Å². The minimum Gasteiger partial charge on any atom is -0.483 e. The third kappa shape index (κ3) is 8.83. The van der Waals surface area contributed by atoms with Crippen molar-refractivity contribution in [3.05, 3.63) is 83.4 Å². The quantitative estimate of drug-likeness (QED) is 0.158. The number of ether oxygens (including phenoxy) is 2. The first-order chi connectivity index (χ1) is 21.9. The van der Waals surface area contributed by atoms with Crippen LogP contribution in [0.3, 0.4) is 0 Å². The molecule has 0 aliphatic heterocycles. The lowest BCUT2D eigenvalue weighted by atomic mass is 10.0. The zero-order valence-corrected chi connectivity index (χ0v) is 27.4. The molecule has 2 amide bonds. The van der Waals surface area contributed by atoms with Crippen molar-refractivity contribution < 1.29 is 32.6 Å². The number of carbonyl (C=O) groups excluding carboxylic acids is 2. The van der Waals surface area contributed by atoms with Gasteiger partial charge in [-0.15, -0.1) is 0 Å². The van der Waals surface area contributed by atoms with Gasteiger partial charge in [-0.3, -0.25) is 10.1 Å². The second-order valence-electron chi connectivity index (χ2n) is 11.5. The molecule has 246 valence electrons. The smallest absolute Gasteiger partial charge is 0.413 e. The van der Waals surface area contributed by atoms with E-state index < -0.39 is 34.2 Å². The van der Waals surface area contributed by atoms with Crippen molar-refractivity contribution in [2.24, 2.45) is 5.92 Å². The average molecular weight is 652 g/mol. The number of hydrogen-bond acceptors (Lipinski definition) is 8. The number of aryl methyl sites for hydroxylation is 2. The van der Waals surface area contributed by atoms with Crippen molar-refractivity contribution in [1.29, 1.82) is 0 Å². The van der Waals surface area contributed by atoms with Gasteiger partial charge in [0.05, 0.1) is 35.2 Å². The molecule has 13 heteroatoms. The van der Waals surface area contributed by atoms with E-state index in [0.29, 0.717) is 16.8 Å². The number of H-pyrrole nitrogens is 1. The molecule has 0 spiro atoms. The third-order valence-electron chi connectivity index (χ3n) is 7.32. The molecule has 0 saturated heterocycles. The number of fused-ring (bicyclic) bond motifs is 1. The molecule has 1 aromatic heterocycles. The summed E-state index contributed by atoms with van der Waals surface area (Å²) in [4.78, 5) is 31.8. The van der Waals surface area contributed by atoms with Gasteiger partial charge in [0.1, 0.15) is 5.75 Å². The highest BCUT2D eigenvalue weighted by atomic mass is 32.2. The van der Waals surface area contributed by atoms with Crippen LogP contribution < -0.4 is 15.4 Å². The molecule has 4 rings (SSSR count). The standard InChI is InChI=1S/C33H41N5O7S/c1-21(2)18-38(46(42,43)25-14-15-26-27(17-25)36-32(35-26)37-33(41)44-5)19-29(39)28(16-24-12-7-6-8-13-24)34-30(40)20-45-31-22(3)10-9-11-23(31)4/h6-15,17,21,28-29,39H,16,18-20H2,1-5H3,(H,34,40)(H2,35,36,37,41)/t28-,29+/m0/s1. The van der Waals surface area contributed by atoms with Gasteiger partial charge in [0.2, 0.25) is 16.0 Å². The molecule has 2 atom stereocenters. The topological polar surface area (TPSA) is 163 Å². The molecular weight excluding hydrogens is 610 g/mol. The number of imidazole rings is 1. The summed E-state index contributed by atoms with van der Waals surface area (Å²) < 4.78 is 39.6. The molecule has 3 aromatic carbocycles. The van der Waals surface area contributed by atoms with Gasteiger partial charge in [0, 0.05) is 13.1 Å². The number of hydrogen-bond donors (Lipinski definition) is 4. The van der Waals surface area contributed by atoms with E-state index in [1.165, 1.54) is 23.5 Å². The highest BCUT2D eigenvalue weighted by molar-refractivity contribution is 7.89. The number of methoxy groups -OCH3 is 1. The fourth-order valence-electron chi connectivity index (χ4n) is 5.08. The number of carbonyl (C=O) groups is 2. The zero-order chi connectivity index (χ0) is 33.4. The Hall–Kier alpha value is -4.46. The van der Waals surface area contributed by atoms with Crippen molar-refractivity contribution in [3.63, 3.8) is 0 Å². The van der Waals surface area contributed by atoms with E-state index in [1.54, 1.807) is 6.07 Å². The second kappa shape index (κ2) is 15.2. The Morgan fingerprint density at radius 3 is 2.35 bits per heavy atom. The van der Waals surface area contributed by atoms with Gasteiger partial charge >= 0.3 is 6.09 Å². The third-order valence-corrected chi connectivity index (χ3v) is 9.15. The number of aromatic amines is 1. The van der Waals surface area contributed by atoms with E-state index in [-0.39, 0.29) is 42.9 Å². The number of para-hydroxylation sites is 1. The summed E-state index contributed by atoms with van der Waals surface area (Å²) >= 11 is 0. The molecule has 4 aromatic rings. The fraction of sp³-hybridized carbons (Fsp3) is 0.364. The Labute approximate surface area is 269 Å². The lowest BCUT2D eigenvalue weighted by Crippen LogP contribution is -2.52. The minimum absolute atomic E-state index is 0.0328. The summed E-state index contributed by atoms with van der Waals surface area (Å²) in [6.07, 6.45) is -1.72. The van der Waals surface area contributed by atoms with Crippen LogP contribution in [0, 0.1) is 19.8 Å². The Morgan fingerprint density at radius 1 is 1.00 bits per heavy atom. The van der Waals surface area contributed by atoms with E-state index >= 15 is 0 Å². The van der Waals surface area contributed by atoms with Crippen LogP contribution in [0.5, 0.6) is 5.75 Å². The van der Waals surface area contributed by atoms with E-state index in [0.717, 1.165) is 16.7 Å². The van der Waals surface area contributed by atoms with E-state index in [9.17, 15) is 23.1 Å². The average Bonchev–Trinajstić information content (AvgIpc) is 3.42. The SMILES string of the molecule is COC(=O)Nc1nc2cc(S(=O)(=O)N(CC(C)C)C[C@@H](O)[C@H](Cc3ccccc3)NC(=O)COc3c(C)cccc3C)ccc2[nH]1. The number of sulfonamides is 1. The number of rotatable bonds is 14. The van der Waals surface area contributed by atoms with Crippen molar-refractivity contribution in [1.82, 2.24) is 19.6 Å². The predicted molar refractivity (Wildman–Crippen MR) is 175 cm³/mol. The number of aliphatic hydroxyl groups excluding tert-OH is 1. The lowest BCUT2D eigenvalue weighted by Gasteiger charge is -2.30. The number of aromatic nitrogens is 2. The molecule has 1 heterocycles. The van der Waals surface area contributed by atoms with E-state index in [2.05, 4.69) is 25.3 Å². The first-order valence-corrected chi connectivity index (χ1v) is 16.4. The van der Waals surface area contributed by atoms with Crippen LogP contribution in [0.15, 0.2) is 71.6 Å². The van der Waals surface area contributed by atoms with Gasteiger partial charge < -0.3 is 24.9 Å². The number of anilines is 1. The van der Waals surface area contributed by atoms with Crippen LogP contribution in [0.1, 0.15) is 30.5 Å². The van der Waals surface area contributed by atoms with Crippen LogP contribution in [-0.2, 0) is 26.0 Å². The molecule has 46 heavy (non-hydrogen) atoms. The Balaban J connectivity index is 1.56. The molecule has 4 N–H and O–H groups in total. The summed E-state index contributed by atoms with van der Waals surface area (Å²) in [6, 6.07) is 18.6. The molecule has 0 bridgehead atoms. The molecule has 0 aliphatic rings. The molecule has 0 aliphatic carbocycles. The molecular formula is C33H41N5O7S. The van der Waals surface area contributed by atoms with Crippen LogP contribution in [0.25, 0.3) is 11.0 Å². The number of nitrogens with zero attached hydrogens (tertiary/aromatic N) is 2. The van der Waals surface area contributed by atoms with Gasteiger partial charge in [-0.2, -0.15) is 4.31 Å².